The molecule has 3 aromatic carbocycles. The molecule has 0 saturated heterocycles. The van der Waals surface area contributed by atoms with Gasteiger partial charge in [0.2, 0.25) is 0 Å². The van der Waals surface area contributed by atoms with Gasteiger partial charge in [-0.3, -0.25) is 0 Å². The summed E-state index contributed by atoms with van der Waals surface area (Å²) in [5.74, 6) is 0.113. The Morgan fingerprint density at radius 1 is 1.00 bits per heavy atom. The molecule has 0 bridgehead atoms. The van der Waals surface area contributed by atoms with Gasteiger partial charge in [-0.25, -0.2) is 9.59 Å². The molecule has 0 saturated carbocycles. The number of aryl methyl sites for hydroxylation is 1. The fraction of sp³-hybridized carbons (Fsp3) is 0.0833. The van der Waals surface area contributed by atoms with Gasteiger partial charge in [-0.05, 0) is 54.4 Å². The lowest BCUT2D eigenvalue weighted by molar-refractivity contribution is 0.0731. The van der Waals surface area contributed by atoms with Crippen LogP contribution < -0.4 is 15.1 Å². The van der Waals surface area contributed by atoms with E-state index in [9.17, 15) is 9.59 Å². The minimum Gasteiger partial charge on any atom is -0.496 e. The number of hydrogen-bond acceptors (Lipinski definition) is 5. The summed E-state index contributed by atoms with van der Waals surface area (Å²) in [7, 11) is 1.48. The molecule has 4 aromatic rings. The number of halogens is 1. The lowest BCUT2D eigenvalue weighted by Crippen LogP contribution is -2.10. The number of para-hydroxylation sites is 1. The molecule has 0 spiro atoms. The smallest absolute Gasteiger partial charge is 0.347 e. The van der Waals surface area contributed by atoms with E-state index >= 15 is 0 Å². The third-order valence-electron chi connectivity index (χ3n) is 4.81. The molecule has 0 aliphatic heterocycles. The summed E-state index contributed by atoms with van der Waals surface area (Å²) in [6, 6.07) is 18.7. The predicted molar refractivity (Wildman–Crippen MR) is 116 cm³/mol. The fourth-order valence-electron chi connectivity index (χ4n) is 3.33. The molecule has 5 nitrogen and oxygen atoms in total. The molecular weight excluding hydrogens is 404 g/mol. The molecule has 6 heteroatoms. The summed E-state index contributed by atoms with van der Waals surface area (Å²) < 4.78 is 16.2. The van der Waals surface area contributed by atoms with Gasteiger partial charge in [0, 0.05) is 16.5 Å². The van der Waals surface area contributed by atoms with Gasteiger partial charge < -0.3 is 13.9 Å². The summed E-state index contributed by atoms with van der Waals surface area (Å²) in [6.07, 6.45) is 0. The van der Waals surface area contributed by atoms with E-state index in [1.165, 1.54) is 13.2 Å². The average Bonchev–Trinajstić information content (AvgIpc) is 2.74. The molecule has 0 N–H and O–H groups in total. The van der Waals surface area contributed by atoms with Crippen LogP contribution in [0.5, 0.6) is 11.5 Å². The second-order valence-electron chi connectivity index (χ2n) is 6.64. The van der Waals surface area contributed by atoms with Crippen LogP contribution in [0.2, 0.25) is 5.02 Å². The first kappa shape index (κ1) is 19.7. The zero-order chi connectivity index (χ0) is 21.3. The van der Waals surface area contributed by atoms with E-state index in [2.05, 4.69) is 0 Å². The van der Waals surface area contributed by atoms with Crippen molar-refractivity contribution in [3.63, 3.8) is 0 Å². The van der Waals surface area contributed by atoms with Crippen LogP contribution in [0.1, 0.15) is 15.9 Å². The van der Waals surface area contributed by atoms with Crippen LogP contribution in [-0.4, -0.2) is 13.1 Å². The maximum absolute atomic E-state index is 12.7. The Hall–Kier alpha value is -3.57. The Morgan fingerprint density at radius 3 is 2.47 bits per heavy atom. The minimum absolute atomic E-state index is 0.264. The van der Waals surface area contributed by atoms with Crippen molar-refractivity contribution in [2.24, 2.45) is 0 Å². The predicted octanol–water partition coefficient (Wildman–Crippen LogP) is 5.65. The maximum atomic E-state index is 12.7. The van der Waals surface area contributed by atoms with E-state index in [0.29, 0.717) is 27.5 Å². The minimum atomic E-state index is -0.566. The molecule has 0 aliphatic rings. The third kappa shape index (κ3) is 3.67. The summed E-state index contributed by atoms with van der Waals surface area (Å²) in [6.45, 7) is 1.85. The molecule has 0 atom stereocenters. The van der Waals surface area contributed by atoms with Gasteiger partial charge in [0.25, 0.3) is 0 Å². The standard InChI is InChI=1S/C24H17ClO5/c1-14-18-12-11-17(29-23(26)19-5-3-4-6-20(19)28-2)13-21(18)30-24(27)22(14)15-7-9-16(25)10-8-15/h3-13H,1-2H3. The Bertz CT molecular complexity index is 1310. The number of methoxy groups -OCH3 is 1. The summed E-state index contributed by atoms with van der Waals surface area (Å²) in [4.78, 5) is 25.2. The van der Waals surface area contributed by atoms with Crippen molar-refractivity contribution in [2.45, 2.75) is 6.92 Å². The molecule has 4 rings (SSSR count). The van der Waals surface area contributed by atoms with Crippen molar-refractivity contribution in [2.75, 3.05) is 7.11 Å². The van der Waals surface area contributed by atoms with Crippen molar-refractivity contribution < 1.29 is 18.7 Å². The molecule has 30 heavy (non-hydrogen) atoms. The van der Waals surface area contributed by atoms with Crippen LogP contribution in [0.4, 0.5) is 0 Å². The first-order valence-electron chi connectivity index (χ1n) is 9.16. The Labute approximate surface area is 177 Å². The lowest BCUT2D eigenvalue weighted by Gasteiger charge is -2.11. The van der Waals surface area contributed by atoms with E-state index in [4.69, 9.17) is 25.5 Å². The van der Waals surface area contributed by atoms with Crippen molar-refractivity contribution in [3.05, 3.63) is 93.3 Å². The molecule has 0 aliphatic carbocycles. The number of ether oxygens (including phenoxy) is 2. The van der Waals surface area contributed by atoms with Gasteiger partial charge in [-0.15, -0.1) is 0 Å². The molecule has 0 radical (unpaired) electrons. The topological polar surface area (TPSA) is 65.7 Å². The first-order valence-corrected chi connectivity index (χ1v) is 9.54. The third-order valence-corrected chi connectivity index (χ3v) is 5.06. The number of esters is 1. The lowest BCUT2D eigenvalue weighted by atomic mass is 10.00. The highest BCUT2D eigenvalue weighted by Gasteiger charge is 2.17. The van der Waals surface area contributed by atoms with Crippen LogP contribution in [0.15, 0.2) is 75.9 Å². The molecule has 0 fully saturated rings. The SMILES string of the molecule is COc1ccccc1C(=O)Oc1ccc2c(C)c(-c3ccc(Cl)cc3)c(=O)oc2c1. The number of fused-ring (bicyclic) bond motifs is 1. The highest BCUT2D eigenvalue weighted by Crippen LogP contribution is 2.30. The zero-order valence-electron chi connectivity index (χ0n) is 16.3. The molecule has 1 aromatic heterocycles. The number of hydrogen-bond donors (Lipinski definition) is 0. The largest absolute Gasteiger partial charge is 0.496 e. The van der Waals surface area contributed by atoms with Gasteiger partial charge in [0.15, 0.2) is 0 Å². The number of carbonyl (C=O) groups excluding carboxylic acids is 1. The van der Waals surface area contributed by atoms with Gasteiger partial charge in [0.05, 0.1) is 12.7 Å². The van der Waals surface area contributed by atoms with E-state index in [-0.39, 0.29) is 5.75 Å². The second kappa shape index (κ2) is 8.05. The molecule has 150 valence electrons. The van der Waals surface area contributed by atoms with Crippen LogP contribution in [-0.2, 0) is 0 Å². The van der Waals surface area contributed by atoms with Gasteiger partial charge in [0.1, 0.15) is 22.6 Å². The fourth-order valence-corrected chi connectivity index (χ4v) is 3.45. The highest BCUT2D eigenvalue weighted by molar-refractivity contribution is 6.30. The number of carbonyl (C=O) groups is 1. The van der Waals surface area contributed by atoms with Crippen LogP contribution in [0.3, 0.4) is 0 Å². The van der Waals surface area contributed by atoms with Crippen LogP contribution in [0, 0.1) is 6.92 Å². The summed E-state index contributed by atoms with van der Waals surface area (Å²) >= 11 is 5.95. The van der Waals surface area contributed by atoms with E-state index in [0.717, 1.165) is 16.5 Å². The van der Waals surface area contributed by atoms with Crippen LogP contribution in [0.25, 0.3) is 22.1 Å². The van der Waals surface area contributed by atoms with Gasteiger partial charge in [-0.1, -0.05) is 35.9 Å². The monoisotopic (exact) mass is 420 g/mol. The molecule has 0 amide bonds. The highest BCUT2D eigenvalue weighted by atomic mass is 35.5. The van der Waals surface area contributed by atoms with E-state index < -0.39 is 11.6 Å². The number of rotatable bonds is 4. The number of benzene rings is 3. The van der Waals surface area contributed by atoms with Crippen LogP contribution >= 0.6 is 11.6 Å². The van der Waals surface area contributed by atoms with Gasteiger partial charge >= 0.3 is 11.6 Å². The molecular formula is C24H17ClO5. The van der Waals surface area contributed by atoms with E-state index in [1.807, 2.05) is 6.92 Å². The quantitative estimate of drug-likeness (QED) is 0.242. The first-order chi connectivity index (χ1) is 14.5. The van der Waals surface area contributed by atoms with E-state index in [1.54, 1.807) is 60.7 Å². The Balaban J connectivity index is 1.72. The second-order valence-corrected chi connectivity index (χ2v) is 7.08. The van der Waals surface area contributed by atoms with Crippen molar-refractivity contribution in [3.8, 4) is 22.6 Å². The summed E-state index contributed by atoms with van der Waals surface area (Å²) in [5.41, 5.74) is 2.12. The van der Waals surface area contributed by atoms with Crippen molar-refractivity contribution in [1.29, 1.82) is 0 Å². The summed E-state index contributed by atoms with van der Waals surface area (Å²) in [5, 5.41) is 1.33. The normalized spacial score (nSPS) is 10.8. The Kier molecular flexibility index (Phi) is 5.29. The molecule has 0 unspecified atom stereocenters. The van der Waals surface area contributed by atoms with Crippen molar-refractivity contribution in [1.82, 2.24) is 0 Å². The average molecular weight is 421 g/mol. The van der Waals surface area contributed by atoms with Gasteiger partial charge in [-0.2, -0.15) is 0 Å². The zero-order valence-corrected chi connectivity index (χ0v) is 17.0. The molecule has 1 heterocycles. The van der Waals surface area contributed by atoms with Crippen molar-refractivity contribution >= 4 is 28.5 Å². The Morgan fingerprint density at radius 2 is 1.73 bits per heavy atom. The maximum Gasteiger partial charge on any atom is 0.347 e.